The number of carboxylic acid groups (broad SMARTS) is 1. The van der Waals surface area contributed by atoms with Crippen molar-refractivity contribution in [3.05, 3.63) is 29.8 Å². The summed E-state index contributed by atoms with van der Waals surface area (Å²) in [7, 11) is -3.92. The highest BCUT2D eigenvalue weighted by Gasteiger charge is 2.43. The summed E-state index contributed by atoms with van der Waals surface area (Å²) in [4.78, 5) is 11.2. The molecule has 0 aromatic heterocycles. The van der Waals surface area contributed by atoms with Crippen LogP contribution in [-0.4, -0.2) is 47.6 Å². The maximum atomic E-state index is 12.5. The van der Waals surface area contributed by atoms with Gasteiger partial charge in [-0.1, -0.05) is 26.0 Å². The molecule has 1 saturated heterocycles. The molecule has 7 heteroatoms. The van der Waals surface area contributed by atoms with Crippen LogP contribution < -0.4 is 0 Å². The van der Waals surface area contributed by atoms with Gasteiger partial charge in [0, 0.05) is 13.0 Å². The predicted octanol–water partition coefficient (Wildman–Crippen LogP) is 1.02. The van der Waals surface area contributed by atoms with Crippen molar-refractivity contribution in [2.45, 2.75) is 43.2 Å². The Morgan fingerprint density at radius 2 is 1.86 bits per heavy atom. The first-order chi connectivity index (χ1) is 9.73. The molecule has 6 nitrogen and oxygen atoms in total. The van der Waals surface area contributed by atoms with Crippen LogP contribution in [0.4, 0.5) is 0 Å². The van der Waals surface area contributed by atoms with Gasteiger partial charge < -0.3 is 10.2 Å². The molecule has 21 heavy (non-hydrogen) atoms. The van der Waals surface area contributed by atoms with Gasteiger partial charge in [0.15, 0.2) is 0 Å². The topological polar surface area (TPSA) is 94.9 Å². The van der Waals surface area contributed by atoms with E-state index in [2.05, 4.69) is 0 Å². The van der Waals surface area contributed by atoms with E-state index in [4.69, 9.17) is 5.11 Å². The molecule has 1 unspecified atom stereocenters. The Labute approximate surface area is 124 Å². The van der Waals surface area contributed by atoms with Crippen LogP contribution in [0.3, 0.4) is 0 Å². The zero-order chi connectivity index (χ0) is 15.8. The first-order valence-electron chi connectivity index (χ1n) is 6.76. The van der Waals surface area contributed by atoms with Crippen LogP contribution >= 0.6 is 0 Å². The Morgan fingerprint density at radius 1 is 1.29 bits per heavy atom. The molecule has 0 spiro atoms. The number of sulfonamides is 1. The summed E-state index contributed by atoms with van der Waals surface area (Å²) in [5.74, 6) is -0.962. The quantitative estimate of drug-likeness (QED) is 0.865. The van der Waals surface area contributed by atoms with Gasteiger partial charge in [0.2, 0.25) is 10.0 Å². The summed E-state index contributed by atoms with van der Waals surface area (Å²) in [6, 6.07) is 5.19. The second kappa shape index (κ2) is 5.75. The first kappa shape index (κ1) is 15.9. The number of benzene rings is 1. The van der Waals surface area contributed by atoms with Crippen molar-refractivity contribution in [1.29, 1.82) is 0 Å². The van der Waals surface area contributed by atoms with Gasteiger partial charge >= 0.3 is 5.97 Å². The number of rotatable bonds is 4. The Balaban J connectivity index is 2.35. The van der Waals surface area contributed by atoms with E-state index in [1.54, 1.807) is 12.1 Å². The molecule has 1 aliphatic rings. The second-order valence-electron chi connectivity index (χ2n) is 5.54. The smallest absolute Gasteiger partial charge is 0.322 e. The van der Waals surface area contributed by atoms with E-state index in [1.165, 1.54) is 12.1 Å². The highest BCUT2D eigenvalue weighted by molar-refractivity contribution is 7.89. The molecule has 2 atom stereocenters. The van der Waals surface area contributed by atoms with Gasteiger partial charge in [0.05, 0.1) is 11.0 Å². The lowest BCUT2D eigenvalue weighted by atomic mass is 10.0. The van der Waals surface area contributed by atoms with Crippen molar-refractivity contribution in [3.63, 3.8) is 0 Å². The fraction of sp³-hybridized carbons (Fsp3) is 0.500. The number of hydrogen-bond donors (Lipinski definition) is 2. The van der Waals surface area contributed by atoms with Crippen molar-refractivity contribution >= 4 is 16.0 Å². The number of β-amino-alcohol motifs (C(OH)–C–C–N with tert-alkyl or cyclic N) is 1. The third-order valence-corrected chi connectivity index (χ3v) is 5.56. The molecule has 1 aromatic carbocycles. The summed E-state index contributed by atoms with van der Waals surface area (Å²) < 4.78 is 25.9. The van der Waals surface area contributed by atoms with Crippen LogP contribution in [0, 0.1) is 0 Å². The van der Waals surface area contributed by atoms with E-state index >= 15 is 0 Å². The SMILES string of the molecule is CC(C)c1ccc(S(=O)(=O)N2CC(O)C[C@H]2C(=O)O)cc1. The maximum Gasteiger partial charge on any atom is 0.322 e. The Morgan fingerprint density at radius 3 is 2.33 bits per heavy atom. The third-order valence-electron chi connectivity index (χ3n) is 3.67. The van der Waals surface area contributed by atoms with E-state index < -0.39 is 28.1 Å². The van der Waals surface area contributed by atoms with Crippen LogP contribution in [0.5, 0.6) is 0 Å². The molecule has 0 amide bonds. The van der Waals surface area contributed by atoms with Crippen LogP contribution in [0.1, 0.15) is 31.7 Å². The zero-order valence-electron chi connectivity index (χ0n) is 11.9. The summed E-state index contributed by atoms with van der Waals surface area (Å²) in [5, 5.41) is 18.7. The summed E-state index contributed by atoms with van der Waals surface area (Å²) in [5.41, 5.74) is 1.00. The Hall–Kier alpha value is -1.44. The van der Waals surface area contributed by atoms with Gasteiger partial charge in [-0.25, -0.2) is 8.42 Å². The van der Waals surface area contributed by atoms with Gasteiger partial charge in [-0.15, -0.1) is 0 Å². The van der Waals surface area contributed by atoms with Crippen LogP contribution in [-0.2, 0) is 14.8 Å². The van der Waals surface area contributed by atoms with E-state index in [9.17, 15) is 18.3 Å². The molecule has 0 saturated carbocycles. The van der Waals surface area contributed by atoms with Crippen LogP contribution in [0.15, 0.2) is 29.2 Å². The number of aliphatic carboxylic acids is 1. The summed E-state index contributed by atoms with van der Waals surface area (Å²) in [6.07, 6.45) is -1.03. The minimum atomic E-state index is -3.92. The number of hydrogen-bond acceptors (Lipinski definition) is 4. The molecule has 1 aliphatic heterocycles. The normalized spacial score (nSPS) is 23.6. The van der Waals surface area contributed by atoms with E-state index in [0.29, 0.717) is 0 Å². The lowest BCUT2D eigenvalue weighted by molar-refractivity contribution is -0.140. The van der Waals surface area contributed by atoms with Crippen molar-refractivity contribution in [2.24, 2.45) is 0 Å². The molecular formula is C14H19NO5S. The van der Waals surface area contributed by atoms with Crippen molar-refractivity contribution < 1.29 is 23.4 Å². The van der Waals surface area contributed by atoms with Gasteiger partial charge in [-0.3, -0.25) is 4.79 Å². The zero-order valence-corrected chi connectivity index (χ0v) is 12.7. The van der Waals surface area contributed by atoms with Gasteiger partial charge in [0.1, 0.15) is 6.04 Å². The lowest BCUT2D eigenvalue weighted by Gasteiger charge is -2.21. The molecular weight excluding hydrogens is 294 g/mol. The van der Waals surface area contributed by atoms with Crippen molar-refractivity contribution in [2.75, 3.05) is 6.54 Å². The predicted molar refractivity (Wildman–Crippen MR) is 76.5 cm³/mol. The molecule has 1 aromatic rings. The fourth-order valence-electron chi connectivity index (χ4n) is 2.43. The van der Waals surface area contributed by atoms with E-state index in [-0.39, 0.29) is 23.8 Å². The molecule has 0 radical (unpaired) electrons. The minimum absolute atomic E-state index is 0.0484. The van der Waals surface area contributed by atoms with Gasteiger partial charge in [-0.2, -0.15) is 4.31 Å². The van der Waals surface area contributed by atoms with Gasteiger partial charge in [0.25, 0.3) is 0 Å². The van der Waals surface area contributed by atoms with Crippen molar-refractivity contribution in [3.8, 4) is 0 Å². The first-order valence-corrected chi connectivity index (χ1v) is 8.20. The molecule has 2 rings (SSSR count). The molecule has 2 N–H and O–H groups in total. The third kappa shape index (κ3) is 3.09. The minimum Gasteiger partial charge on any atom is -0.480 e. The molecule has 1 fully saturated rings. The fourth-order valence-corrected chi connectivity index (χ4v) is 4.06. The Kier molecular flexibility index (Phi) is 4.36. The highest BCUT2D eigenvalue weighted by atomic mass is 32.2. The number of carboxylic acids is 1. The van der Waals surface area contributed by atoms with Crippen LogP contribution in [0.25, 0.3) is 0 Å². The summed E-state index contributed by atoms with van der Waals surface area (Å²) >= 11 is 0. The lowest BCUT2D eigenvalue weighted by Crippen LogP contribution is -2.40. The number of aliphatic hydroxyl groups excluding tert-OH is 1. The standard InChI is InChI=1S/C14H19NO5S/c1-9(2)10-3-5-12(6-4-10)21(19,20)15-8-11(16)7-13(15)14(17)18/h3-6,9,11,13,16H,7-8H2,1-2H3,(H,17,18)/t11?,13-/m0/s1. The van der Waals surface area contributed by atoms with E-state index in [0.717, 1.165) is 9.87 Å². The largest absolute Gasteiger partial charge is 0.480 e. The Bertz CT molecular complexity index is 623. The summed E-state index contributed by atoms with van der Waals surface area (Å²) in [6.45, 7) is 3.81. The second-order valence-corrected chi connectivity index (χ2v) is 7.43. The van der Waals surface area contributed by atoms with Crippen LogP contribution in [0.2, 0.25) is 0 Å². The monoisotopic (exact) mass is 313 g/mol. The highest BCUT2D eigenvalue weighted by Crippen LogP contribution is 2.27. The molecule has 1 heterocycles. The molecule has 0 aliphatic carbocycles. The number of carbonyl (C=O) groups is 1. The van der Waals surface area contributed by atoms with E-state index in [1.807, 2.05) is 13.8 Å². The number of aliphatic hydroxyl groups is 1. The number of nitrogens with zero attached hydrogens (tertiary/aromatic N) is 1. The van der Waals surface area contributed by atoms with Gasteiger partial charge in [-0.05, 0) is 23.6 Å². The average Bonchev–Trinajstić information content (AvgIpc) is 2.82. The molecule has 0 bridgehead atoms. The average molecular weight is 313 g/mol. The maximum absolute atomic E-state index is 12.5. The molecule has 116 valence electrons. The van der Waals surface area contributed by atoms with Crippen molar-refractivity contribution in [1.82, 2.24) is 4.31 Å².